The molecule has 3 nitrogen and oxygen atoms in total. The molecule has 0 spiro atoms. The number of carbonyl (C=O) groups excluding carboxylic acids is 1. The number of fused-ring (bicyclic) bond motifs is 1. The van der Waals surface area contributed by atoms with Gasteiger partial charge in [0.2, 0.25) is 5.91 Å². The molecule has 150 valence electrons. The summed E-state index contributed by atoms with van der Waals surface area (Å²) in [6.07, 6.45) is 6.03. The predicted molar refractivity (Wildman–Crippen MR) is 116 cm³/mol. The number of hydrogen-bond donors (Lipinski definition) is 1. The highest BCUT2D eigenvalue weighted by Crippen LogP contribution is 2.40. The number of hydrogen-bond acceptors (Lipinski definition) is 2. The van der Waals surface area contributed by atoms with Crippen molar-refractivity contribution in [2.45, 2.75) is 38.5 Å². The molecule has 1 N–H and O–H groups in total. The summed E-state index contributed by atoms with van der Waals surface area (Å²) < 4.78 is 13.6. The maximum Gasteiger partial charge on any atom is 0.227 e. The van der Waals surface area contributed by atoms with Gasteiger partial charge >= 0.3 is 0 Å². The maximum absolute atomic E-state index is 13.6. The first-order valence-corrected chi connectivity index (χ1v) is 10.5. The van der Waals surface area contributed by atoms with Crippen LogP contribution in [0.5, 0.6) is 0 Å². The van der Waals surface area contributed by atoms with Crippen molar-refractivity contribution in [1.29, 1.82) is 0 Å². The lowest BCUT2D eigenvalue weighted by Gasteiger charge is -2.32. The molecule has 1 aliphatic rings. The van der Waals surface area contributed by atoms with Gasteiger partial charge in [0.15, 0.2) is 0 Å². The topological polar surface area (TPSA) is 42.0 Å². The third-order valence-corrected chi connectivity index (χ3v) is 6.51. The van der Waals surface area contributed by atoms with Gasteiger partial charge in [0.25, 0.3) is 0 Å². The summed E-state index contributed by atoms with van der Waals surface area (Å²) in [5.74, 6) is 0.117. The zero-order valence-corrected chi connectivity index (χ0v) is 17.1. The molecule has 1 aromatic heterocycles. The third kappa shape index (κ3) is 4.27. The number of nitrogens with one attached hydrogen (secondary N) is 1. The van der Waals surface area contributed by atoms with Gasteiger partial charge in [-0.1, -0.05) is 36.7 Å². The average molecular weight is 411 g/mol. The number of carbonyl (C=O) groups is 1. The van der Waals surface area contributed by atoms with E-state index in [2.05, 4.69) is 34.6 Å². The van der Waals surface area contributed by atoms with Gasteiger partial charge in [-0.2, -0.15) is 0 Å². The van der Waals surface area contributed by atoms with Gasteiger partial charge in [0.1, 0.15) is 5.82 Å². The summed E-state index contributed by atoms with van der Waals surface area (Å²) in [7, 11) is 0. The van der Waals surface area contributed by atoms with E-state index in [1.54, 1.807) is 6.07 Å². The second-order valence-corrected chi connectivity index (χ2v) is 8.34. The Balaban J connectivity index is 1.39. The molecule has 1 aliphatic carbocycles. The van der Waals surface area contributed by atoms with Gasteiger partial charge in [-0.15, -0.1) is 0 Å². The van der Waals surface area contributed by atoms with Crippen LogP contribution in [0, 0.1) is 17.7 Å². The summed E-state index contributed by atoms with van der Waals surface area (Å²) >= 11 is 5.71. The molecule has 0 saturated heterocycles. The highest BCUT2D eigenvalue weighted by atomic mass is 35.5. The first-order chi connectivity index (χ1) is 14.0. The van der Waals surface area contributed by atoms with Gasteiger partial charge in [-0.05, 0) is 73.4 Å². The Morgan fingerprint density at radius 1 is 1.14 bits per heavy atom. The largest absolute Gasteiger partial charge is 0.326 e. The normalized spacial score (nSPS) is 20.4. The van der Waals surface area contributed by atoms with Crippen LogP contribution >= 0.6 is 11.6 Å². The lowest BCUT2D eigenvalue weighted by atomic mass is 9.73. The van der Waals surface area contributed by atoms with Crippen LogP contribution in [-0.4, -0.2) is 10.9 Å². The molecular weight excluding hydrogens is 387 g/mol. The zero-order valence-electron chi connectivity index (χ0n) is 16.4. The highest BCUT2D eigenvalue weighted by Gasteiger charge is 2.30. The molecular formula is C24H24ClFN2O. The van der Waals surface area contributed by atoms with Gasteiger partial charge in [-0.3, -0.25) is 9.78 Å². The Morgan fingerprint density at radius 3 is 2.66 bits per heavy atom. The van der Waals surface area contributed by atoms with Crippen molar-refractivity contribution in [2.24, 2.45) is 11.8 Å². The summed E-state index contributed by atoms with van der Waals surface area (Å²) in [6, 6.07) is 14.8. The quantitative estimate of drug-likeness (QED) is 0.528. The van der Waals surface area contributed by atoms with Gasteiger partial charge < -0.3 is 5.32 Å². The van der Waals surface area contributed by atoms with Crippen LogP contribution in [0.1, 0.15) is 44.1 Å². The average Bonchev–Trinajstić information content (AvgIpc) is 2.75. The first-order valence-electron chi connectivity index (χ1n) is 10.1. The van der Waals surface area contributed by atoms with E-state index >= 15 is 0 Å². The van der Waals surface area contributed by atoms with E-state index in [4.69, 9.17) is 11.6 Å². The van der Waals surface area contributed by atoms with E-state index in [0.29, 0.717) is 17.5 Å². The van der Waals surface area contributed by atoms with Crippen LogP contribution in [0.15, 0.2) is 54.7 Å². The van der Waals surface area contributed by atoms with Crippen molar-refractivity contribution in [3.05, 3.63) is 71.1 Å². The molecule has 5 heteroatoms. The van der Waals surface area contributed by atoms with E-state index in [1.807, 2.05) is 19.2 Å². The number of anilines is 1. The van der Waals surface area contributed by atoms with Crippen LogP contribution in [0.4, 0.5) is 10.1 Å². The minimum atomic E-state index is -0.526. The van der Waals surface area contributed by atoms with Crippen LogP contribution in [0.2, 0.25) is 5.02 Å². The fourth-order valence-corrected chi connectivity index (χ4v) is 4.57. The molecule has 3 aromatic rings. The summed E-state index contributed by atoms with van der Waals surface area (Å²) in [6.45, 7) is 1.97. The standard InChI is InChI=1S/C24H24ClFN2O/c1-15(24(29)28-18-10-11-21(25)22(26)14-18)16-6-8-17(9-7-16)19-12-13-27-23-5-3-2-4-20(19)23/h2-5,10-17H,6-9H2,1H3,(H,28,29)/t15-,16?,17?/m1/s1. The Hall–Kier alpha value is -2.46. The van der Waals surface area contributed by atoms with Crippen molar-refractivity contribution in [1.82, 2.24) is 4.98 Å². The lowest BCUT2D eigenvalue weighted by Crippen LogP contribution is -2.29. The van der Waals surface area contributed by atoms with Crippen LogP contribution < -0.4 is 5.32 Å². The van der Waals surface area contributed by atoms with Crippen molar-refractivity contribution in [3.63, 3.8) is 0 Å². The smallest absolute Gasteiger partial charge is 0.227 e. The second-order valence-electron chi connectivity index (χ2n) is 7.94. The molecule has 0 radical (unpaired) electrons. The Labute approximate surface area is 175 Å². The number of para-hydroxylation sites is 1. The summed E-state index contributed by atoms with van der Waals surface area (Å²) in [5, 5.41) is 4.11. The fraction of sp³-hybridized carbons (Fsp3) is 0.333. The molecule has 1 fully saturated rings. The monoisotopic (exact) mass is 410 g/mol. The van der Waals surface area contributed by atoms with Gasteiger partial charge in [-0.25, -0.2) is 4.39 Å². The number of halogens is 2. The van der Waals surface area contributed by atoms with Crippen LogP contribution in [0.25, 0.3) is 10.9 Å². The van der Waals surface area contributed by atoms with Crippen molar-refractivity contribution >= 4 is 34.1 Å². The van der Waals surface area contributed by atoms with Gasteiger partial charge in [0, 0.05) is 23.2 Å². The number of pyridine rings is 1. The van der Waals surface area contributed by atoms with E-state index in [9.17, 15) is 9.18 Å². The molecule has 0 bridgehead atoms. The van der Waals surface area contributed by atoms with Crippen LogP contribution in [0.3, 0.4) is 0 Å². The van der Waals surface area contributed by atoms with Crippen molar-refractivity contribution in [2.75, 3.05) is 5.32 Å². The molecule has 1 heterocycles. The number of rotatable bonds is 4. The minimum absolute atomic E-state index is 0.0537. The van der Waals surface area contributed by atoms with E-state index < -0.39 is 5.82 Å². The SMILES string of the molecule is C[C@@H](C(=O)Nc1ccc(Cl)c(F)c1)C1CCC(c2ccnc3ccccc23)CC1. The molecule has 0 unspecified atom stereocenters. The molecule has 0 aliphatic heterocycles. The highest BCUT2D eigenvalue weighted by molar-refractivity contribution is 6.30. The second kappa shape index (κ2) is 8.50. The fourth-order valence-electron chi connectivity index (χ4n) is 4.45. The first kappa shape index (κ1) is 19.8. The van der Waals surface area contributed by atoms with Crippen LogP contribution in [-0.2, 0) is 4.79 Å². The molecule has 29 heavy (non-hydrogen) atoms. The molecule has 1 atom stereocenters. The van der Waals surface area contributed by atoms with E-state index in [1.165, 1.54) is 23.1 Å². The molecule has 1 amide bonds. The molecule has 1 saturated carbocycles. The van der Waals surface area contributed by atoms with E-state index in [0.717, 1.165) is 31.2 Å². The van der Waals surface area contributed by atoms with Gasteiger partial charge in [0.05, 0.1) is 10.5 Å². The predicted octanol–water partition coefficient (Wildman–Crippen LogP) is 6.58. The van der Waals surface area contributed by atoms with E-state index in [-0.39, 0.29) is 16.8 Å². The Morgan fingerprint density at radius 2 is 1.90 bits per heavy atom. The maximum atomic E-state index is 13.6. The Bertz CT molecular complexity index is 1030. The third-order valence-electron chi connectivity index (χ3n) is 6.20. The molecule has 4 rings (SSSR count). The zero-order chi connectivity index (χ0) is 20.4. The lowest BCUT2D eigenvalue weighted by molar-refractivity contribution is -0.121. The molecule has 2 aromatic carbocycles. The summed E-state index contributed by atoms with van der Waals surface area (Å²) in [4.78, 5) is 17.1. The minimum Gasteiger partial charge on any atom is -0.326 e. The van der Waals surface area contributed by atoms with Crippen molar-refractivity contribution in [3.8, 4) is 0 Å². The summed E-state index contributed by atoms with van der Waals surface area (Å²) in [5.41, 5.74) is 2.85. The Kier molecular flexibility index (Phi) is 5.81. The number of amides is 1. The number of nitrogens with zero attached hydrogens (tertiary/aromatic N) is 1. The van der Waals surface area contributed by atoms with Crippen molar-refractivity contribution < 1.29 is 9.18 Å². The number of benzene rings is 2. The number of aromatic nitrogens is 1.